The average molecular weight is 84.1 g/mol. The molecule has 0 aliphatic heterocycles. The predicted molar refractivity (Wildman–Crippen MR) is 26.4 cm³/mol. The van der Waals surface area contributed by atoms with Crippen LogP contribution in [0.2, 0.25) is 0 Å². The van der Waals surface area contributed by atoms with E-state index in [1.54, 1.807) is 0 Å². The number of hydrogen-bond acceptors (Lipinski definition) is 0. The molecule has 0 amide bonds. The molecule has 0 radical (unpaired) electrons. The van der Waals surface area contributed by atoms with Crippen LogP contribution in [0.5, 0.6) is 0 Å². The van der Waals surface area contributed by atoms with Crippen LogP contribution in [0.15, 0.2) is 0 Å². The highest BCUT2D eigenvalue weighted by Gasteiger charge is 1.87. The quantitative estimate of drug-likeness (QED) is 0.401. The summed E-state index contributed by atoms with van der Waals surface area (Å²) in [5, 5.41) is 0. The Morgan fingerprint density at radius 2 is 2.17 bits per heavy atom. The van der Waals surface area contributed by atoms with Crippen LogP contribution in [-0.2, 0) is 0 Å². The van der Waals surface area contributed by atoms with Crippen LogP contribution in [0.3, 0.4) is 0 Å². The third-order valence-corrected chi connectivity index (χ3v) is 0.323. The third kappa shape index (κ3) is 3.29. The maximum absolute atomic E-state index is 6.25. The van der Waals surface area contributed by atoms with E-state index in [2.05, 4.69) is 11.0 Å². The number of nitrogens with zero attached hydrogens (tertiary/aromatic N) is 1. The highest BCUT2D eigenvalue weighted by Crippen LogP contribution is 1.85. The molecule has 0 bridgehead atoms. The molecule has 0 fully saturated rings. The lowest BCUT2D eigenvalue weighted by atomic mass is 10.3. The Balaban J connectivity index is 3.20. The number of hydrogen-bond donors (Lipinski definition) is 0. The van der Waals surface area contributed by atoms with Gasteiger partial charge in [0.25, 0.3) is 6.07 Å². The van der Waals surface area contributed by atoms with Crippen molar-refractivity contribution in [3.05, 3.63) is 10.8 Å². The van der Waals surface area contributed by atoms with Crippen LogP contribution in [0.4, 0.5) is 0 Å². The topological polar surface area (TPSA) is 28.2 Å². The van der Waals surface area contributed by atoms with Gasteiger partial charge in [-0.25, -0.2) is 0 Å². The summed E-state index contributed by atoms with van der Waals surface area (Å²) >= 11 is 0. The van der Waals surface area contributed by atoms with E-state index >= 15 is 0 Å². The standard InChI is InChI=1S/C4H8N2/c1-4(2)3-6-5/h4-5H,1-2H3. The van der Waals surface area contributed by atoms with Gasteiger partial charge in [-0.3, -0.25) is 0 Å². The molecule has 2 heteroatoms. The maximum Gasteiger partial charge on any atom is 0.273 e. The summed E-state index contributed by atoms with van der Waals surface area (Å²) in [5.74, 6) is 6.54. The van der Waals surface area contributed by atoms with Gasteiger partial charge in [0.1, 0.15) is 0 Å². The molecule has 0 saturated carbocycles. The van der Waals surface area contributed by atoms with Crippen LogP contribution in [0.25, 0.3) is 10.8 Å². The summed E-state index contributed by atoms with van der Waals surface area (Å²) in [4.78, 5) is 2.94. The summed E-state index contributed by atoms with van der Waals surface area (Å²) in [6, 6.07) is 2.50. The molecule has 0 spiro atoms. The summed E-state index contributed by atoms with van der Waals surface area (Å²) in [7, 11) is 0. The smallest absolute Gasteiger partial charge is 0.273 e. The van der Waals surface area contributed by atoms with E-state index < -0.39 is 0 Å². The van der Waals surface area contributed by atoms with Gasteiger partial charge in [0.15, 0.2) is 0 Å². The first-order valence-corrected chi connectivity index (χ1v) is 1.89. The van der Waals surface area contributed by atoms with Crippen molar-refractivity contribution < 1.29 is 0 Å². The molecule has 6 heavy (non-hydrogen) atoms. The normalized spacial score (nSPS) is 7.17. The van der Waals surface area contributed by atoms with Gasteiger partial charge in [0, 0.05) is 0 Å². The third-order valence-electron chi connectivity index (χ3n) is 0.323. The lowest BCUT2D eigenvalue weighted by Gasteiger charge is -1.72. The van der Waals surface area contributed by atoms with Gasteiger partial charge < -0.3 is 5.84 Å². The highest BCUT2D eigenvalue weighted by molar-refractivity contribution is 4.89. The minimum absolute atomic E-state index is 0.294. The minimum Gasteiger partial charge on any atom is -0.322 e. The van der Waals surface area contributed by atoms with Crippen LogP contribution in [-0.4, -0.2) is 0 Å². The fourth-order valence-corrected chi connectivity index (χ4v) is 0.129. The molecule has 1 N–H and O–H groups in total. The second-order valence-electron chi connectivity index (χ2n) is 1.40. The number of nitrogens with one attached hydrogen (secondary N) is 1. The number of rotatable bonds is 0. The molecule has 0 aliphatic rings. The minimum atomic E-state index is 0.294. The fourth-order valence-electron chi connectivity index (χ4n) is 0.129. The van der Waals surface area contributed by atoms with Gasteiger partial charge in [-0.15, -0.1) is 4.95 Å². The Labute approximate surface area is 37.7 Å². The summed E-state index contributed by atoms with van der Waals surface area (Å²) in [6.07, 6.45) is 0. The largest absolute Gasteiger partial charge is 0.322 e. The Morgan fingerprint density at radius 3 is 2.17 bits per heavy atom. The Kier molecular flexibility index (Phi) is 2.22. The predicted octanol–water partition coefficient (Wildman–Crippen LogP) is 1.94. The molecule has 2 nitrogen and oxygen atoms in total. The van der Waals surface area contributed by atoms with Gasteiger partial charge in [0.05, 0.1) is 5.92 Å². The van der Waals surface area contributed by atoms with Crippen molar-refractivity contribution in [3.8, 4) is 6.07 Å². The van der Waals surface area contributed by atoms with E-state index in [-0.39, 0.29) is 0 Å². The first kappa shape index (κ1) is 5.29. The Bertz CT molecular complexity index is 75.3. The zero-order chi connectivity index (χ0) is 4.99. The zero-order valence-electron chi connectivity index (χ0n) is 4.02. The van der Waals surface area contributed by atoms with Gasteiger partial charge >= 0.3 is 0 Å². The second-order valence-corrected chi connectivity index (χ2v) is 1.40. The van der Waals surface area contributed by atoms with E-state index in [0.29, 0.717) is 5.92 Å². The monoisotopic (exact) mass is 84.1 g/mol. The molecule has 0 aromatic heterocycles. The molecule has 0 aromatic carbocycles. The van der Waals surface area contributed by atoms with Crippen molar-refractivity contribution in [1.29, 1.82) is 0 Å². The molecule has 0 unspecified atom stereocenters. The van der Waals surface area contributed by atoms with Crippen molar-refractivity contribution in [2.75, 3.05) is 0 Å². The lowest BCUT2D eigenvalue weighted by molar-refractivity contribution is 0.865. The summed E-state index contributed by atoms with van der Waals surface area (Å²) < 4.78 is 0. The Morgan fingerprint density at radius 1 is 1.67 bits per heavy atom. The SMILES string of the molecule is CC(C)C#[N+][NH-]. The average Bonchev–Trinajstić information content (AvgIpc) is 1.35. The summed E-state index contributed by atoms with van der Waals surface area (Å²) in [6.45, 7) is 3.86. The molecule has 0 aromatic rings. The molecule has 0 aliphatic carbocycles. The van der Waals surface area contributed by atoms with Crippen molar-refractivity contribution in [1.82, 2.24) is 0 Å². The van der Waals surface area contributed by atoms with Gasteiger partial charge in [-0.1, -0.05) is 0 Å². The van der Waals surface area contributed by atoms with Crippen LogP contribution in [0, 0.1) is 12.0 Å². The first-order chi connectivity index (χ1) is 2.77. The zero-order valence-corrected chi connectivity index (χ0v) is 4.02. The van der Waals surface area contributed by atoms with E-state index in [1.807, 2.05) is 13.8 Å². The lowest BCUT2D eigenvalue weighted by Crippen LogP contribution is -1.73. The van der Waals surface area contributed by atoms with Gasteiger partial charge in [-0.2, -0.15) is 0 Å². The molecule has 0 atom stereocenters. The van der Waals surface area contributed by atoms with Crippen molar-refractivity contribution in [2.24, 2.45) is 5.92 Å². The van der Waals surface area contributed by atoms with E-state index in [4.69, 9.17) is 5.84 Å². The van der Waals surface area contributed by atoms with E-state index in [0.717, 1.165) is 0 Å². The maximum atomic E-state index is 6.25. The molecule has 0 rings (SSSR count). The van der Waals surface area contributed by atoms with E-state index in [9.17, 15) is 0 Å². The molecule has 34 valence electrons. The van der Waals surface area contributed by atoms with Crippen molar-refractivity contribution in [3.63, 3.8) is 0 Å². The highest BCUT2D eigenvalue weighted by atomic mass is 15.1. The Hall–Kier alpha value is -0.710. The van der Waals surface area contributed by atoms with Gasteiger partial charge in [0.2, 0.25) is 0 Å². The van der Waals surface area contributed by atoms with Crippen molar-refractivity contribution >= 4 is 0 Å². The molecule has 0 saturated heterocycles. The molecular formula is C4H8N2. The molecule has 0 heterocycles. The molecular weight excluding hydrogens is 76.1 g/mol. The fraction of sp³-hybridized carbons (Fsp3) is 0.750. The van der Waals surface area contributed by atoms with Crippen LogP contribution >= 0.6 is 0 Å². The van der Waals surface area contributed by atoms with Crippen molar-refractivity contribution in [2.45, 2.75) is 13.8 Å². The second kappa shape index (κ2) is 2.52. The van der Waals surface area contributed by atoms with Gasteiger partial charge in [-0.05, 0) is 13.8 Å². The van der Waals surface area contributed by atoms with Crippen LogP contribution < -0.4 is 0 Å². The first-order valence-electron chi connectivity index (χ1n) is 1.89. The van der Waals surface area contributed by atoms with E-state index in [1.165, 1.54) is 0 Å². The summed E-state index contributed by atoms with van der Waals surface area (Å²) in [5.41, 5.74) is 0. The van der Waals surface area contributed by atoms with Crippen LogP contribution in [0.1, 0.15) is 13.8 Å².